The Bertz CT molecular complexity index is 746. The van der Waals surface area contributed by atoms with Gasteiger partial charge in [0.2, 0.25) is 11.8 Å². The van der Waals surface area contributed by atoms with Crippen molar-refractivity contribution >= 4 is 24.2 Å². The summed E-state index contributed by atoms with van der Waals surface area (Å²) in [5.74, 6) is 0.153. The first kappa shape index (κ1) is 22.5. The SMILES string of the molecule is COc1ccc(-n2ccc(CNC(=O)CNC(=O)[C@@H](N)C(C)C)n2)cc1.Cl. The van der Waals surface area contributed by atoms with E-state index in [9.17, 15) is 9.59 Å². The van der Waals surface area contributed by atoms with Crippen LogP contribution in [0.4, 0.5) is 0 Å². The van der Waals surface area contributed by atoms with Crippen LogP contribution in [-0.2, 0) is 16.1 Å². The fraction of sp³-hybridized carbons (Fsp3) is 0.389. The van der Waals surface area contributed by atoms with Crippen LogP contribution in [0.5, 0.6) is 5.75 Å². The van der Waals surface area contributed by atoms with E-state index in [0.29, 0.717) is 5.69 Å². The van der Waals surface area contributed by atoms with Gasteiger partial charge in [0, 0.05) is 6.20 Å². The molecule has 1 aromatic carbocycles. The molecule has 0 aliphatic carbocycles. The van der Waals surface area contributed by atoms with Gasteiger partial charge in [0.05, 0.1) is 37.6 Å². The lowest BCUT2D eigenvalue weighted by Crippen LogP contribution is -2.47. The first-order valence-electron chi connectivity index (χ1n) is 8.39. The number of halogens is 1. The zero-order chi connectivity index (χ0) is 19.1. The summed E-state index contributed by atoms with van der Waals surface area (Å²) in [5, 5.41) is 9.65. The first-order chi connectivity index (χ1) is 12.4. The van der Waals surface area contributed by atoms with Crippen LogP contribution >= 0.6 is 12.4 Å². The highest BCUT2D eigenvalue weighted by molar-refractivity contribution is 5.87. The number of carbonyl (C=O) groups excluding carboxylic acids is 2. The molecule has 0 aliphatic heterocycles. The third-order valence-corrected chi connectivity index (χ3v) is 3.89. The molecule has 8 nitrogen and oxygen atoms in total. The molecule has 0 saturated heterocycles. The fourth-order valence-corrected chi connectivity index (χ4v) is 2.17. The summed E-state index contributed by atoms with van der Waals surface area (Å²) in [6.07, 6.45) is 1.81. The number of hydrogen-bond acceptors (Lipinski definition) is 5. The second-order valence-corrected chi connectivity index (χ2v) is 6.21. The lowest BCUT2D eigenvalue weighted by molar-refractivity contribution is -0.127. The lowest BCUT2D eigenvalue weighted by Gasteiger charge is -2.14. The van der Waals surface area contributed by atoms with E-state index in [0.717, 1.165) is 11.4 Å². The van der Waals surface area contributed by atoms with Gasteiger partial charge < -0.3 is 21.1 Å². The van der Waals surface area contributed by atoms with Gasteiger partial charge in [0.1, 0.15) is 5.75 Å². The zero-order valence-electron chi connectivity index (χ0n) is 15.6. The molecule has 1 aromatic heterocycles. The maximum absolute atomic E-state index is 11.8. The molecule has 2 rings (SSSR count). The minimum atomic E-state index is -0.622. The minimum Gasteiger partial charge on any atom is -0.497 e. The summed E-state index contributed by atoms with van der Waals surface area (Å²) in [4.78, 5) is 23.6. The Morgan fingerprint density at radius 2 is 1.85 bits per heavy atom. The largest absolute Gasteiger partial charge is 0.497 e. The van der Waals surface area contributed by atoms with E-state index in [2.05, 4.69) is 15.7 Å². The standard InChI is InChI=1S/C18H25N5O3.ClH/c1-12(2)17(19)18(25)21-11-16(24)20-10-13-8-9-23(22-13)14-4-6-15(26-3)7-5-14;/h4-9,12,17H,10-11,19H2,1-3H3,(H,20,24)(H,21,25);1H/t17-;/m0./s1. The highest BCUT2D eigenvalue weighted by Crippen LogP contribution is 2.14. The molecule has 27 heavy (non-hydrogen) atoms. The smallest absolute Gasteiger partial charge is 0.239 e. The van der Waals surface area contributed by atoms with Crippen molar-refractivity contribution < 1.29 is 14.3 Å². The van der Waals surface area contributed by atoms with Crippen LogP contribution in [0.2, 0.25) is 0 Å². The number of nitrogens with zero attached hydrogens (tertiary/aromatic N) is 2. The highest BCUT2D eigenvalue weighted by atomic mass is 35.5. The van der Waals surface area contributed by atoms with Gasteiger partial charge in [-0.2, -0.15) is 5.10 Å². The molecule has 2 amide bonds. The van der Waals surface area contributed by atoms with Gasteiger partial charge in [-0.05, 0) is 36.2 Å². The normalized spacial score (nSPS) is 11.4. The molecule has 9 heteroatoms. The third kappa shape index (κ3) is 6.58. The van der Waals surface area contributed by atoms with Crippen LogP contribution in [0.15, 0.2) is 36.5 Å². The number of nitrogens with two attached hydrogens (primary N) is 1. The molecule has 2 aromatic rings. The van der Waals surface area contributed by atoms with Crippen molar-refractivity contribution in [2.75, 3.05) is 13.7 Å². The molecule has 0 spiro atoms. The Hall–Kier alpha value is -2.58. The Morgan fingerprint density at radius 3 is 2.44 bits per heavy atom. The maximum atomic E-state index is 11.8. The highest BCUT2D eigenvalue weighted by Gasteiger charge is 2.17. The van der Waals surface area contributed by atoms with E-state index in [1.807, 2.05) is 50.4 Å². The van der Waals surface area contributed by atoms with Crippen molar-refractivity contribution in [1.29, 1.82) is 0 Å². The van der Waals surface area contributed by atoms with Crippen molar-refractivity contribution in [2.24, 2.45) is 11.7 Å². The van der Waals surface area contributed by atoms with E-state index >= 15 is 0 Å². The minimum absolute atomic E-state index is 0. The summed E-state index contributed by atoms with van der Waals surface area (Å²) < 4.78 is 6.84. The van der Waals surface area contributed by atoms with Gasteiger partial charge in [-0.3, -0.25) is 9.59 Å². The predicted octanol–water partition coefficient (Wildman–Crippen LogP) is 1.02. The van der Waals surface area contributed by atoms with Crippen molar-refractivity contribution in [2.45, 2.75) is 26.4 Å². The van der Waals surface area contributed by atoms with Crippen LogP contribution in [0, 0.1) is 5.92 Å². The van der Waals surface area contributed by atoms with Crippen molar-refractivity contribution in [3.8, 4) is 11.4 Å². The second kappa shape index (κ2) is 10.5. The number of aromatic nitrogens is 2. The summed E-state index contributed by atoms with van der Waals surface area (Å²) >= 11 is 0. The quantitative estimate of drug-likeness (QED) is 0.617. The van der Waals surface area contributed by atoms with Crippen molar-refractivity contribution in [3.63, 3.8) is 0 Å². The molecule has 148 valence electrons. The Labute approximate surface area is 164 Å². The number of hydrogen-bond donors (Lipinski definition) is 3. The number of benzene rings is 1. The molecule has 0 fully saturated rings. The number of carbonyl (C=O) groups is 2. The van der Waals surface area contributed by atoms with Crippen LogP contribution < -0.4 is 21.1 Å². The number of nitrogens with one attached hydrogen (secondary N) is 2. The second-order valence-electron chi connectivity index (χ2n) is 6.21. The average Bonchev–Trinajstić information content (AvgIpc) is 3.12. The number of ether oxygens (including phenoxy) is 1. The maximum Gasteiger partial charge on any atom is 0.239 e. The van der Waals surface area contributed by atoms with E-state index in [1.54, 1.807) is 11.8 Å². The molecule has 0 unspecified atom stereocenters. The van der Waals surface area contributed by atoms with E-state index in [1.165, 1.54) is 0 Å². The van der Waals surface area contributed by atoms with E-state index in [-0.39, 0.29) is 43.2 Å². The van der Waals surface area contributed by atoms with Gasteiger partial charge in [0.25, 0.3) is 0 Å². The Balaban J connectivity index is 0.00000364. The van der Waals surface area contributed by atoms with Crippen molar-refractivity contribution in [3.05, 3.63) is 42.2 Å². The first-order valence-corrected chi connectivity index (χ1v) is 8.39. The van der Waals surface area contributed by atoms with E-state index in [4.69, 9.17) is 10.5 Å². The Morgan fingerprint density at radius 1 is 1.19 bits per heavy atom. The predicted molar refractivity (Wildman–Crippen MR) is 105 cm³/mol. The topological polar surface area (TPSA) is 111 Å². The number of methoxy groups -OCH3 is 1. The number of amides is 2. The van der Waals surface area contributed by atoms with Gasteiger partial charge >= 0.3 is 0 Å². The van der Waals surface area contributed by atoms with Crippen molar-refractivity contribution in [1.82, 2.24) is 20.4 Å². The fourth-order valence-electron chi connectivity index (χ4n) is 2.17. The molecule has 0 aliphatic rings. The lowest BCUT2D eigenvalue weighted by atomic mass is 10.1. The molecule has 0 bridgehead atoms. The summed E-state index contributed by atoms with van der Waals surface area (Å²) in [6.45, 7) is 3.86. The molecule has 0 radical (unpaired) electrons. The molecular weight excluding hydrogens is 370 g/mol. The summed E-state index contributed by atoms with van der Waals surface area (Å²) in [7, 11) is 1.61. The number of rotatable bonds is 8. The molecule has 4 N–H and O–H groups in total. The van der Waals surface area contributed by atoms with Crippen LogP contribution in [-0.4, -0.2) is 41.3 Å². The monoisotopic (exact) mass is 395 g/mol. The van der Waals surface area contributed by atoms with Crippen LogP contribution in [0.25, 0.3) is 5.69 Å². The van der Waals surface area contributed by atoms with Crippen LogP contribution in [0.3, 0.4) is 0 Å². The molecule has 0 saturated carbocycles. The van der Waals surface area contributed by atoms with Gasteiger partial charge in [-0.1, -0.05) is 13.8 Å². The summed E-state index contributed by atoms with van der Waals surface area (Å²) in [5.41, 5.74) is 7.32. The van der Waals surface area contributed by atoms with Gasteiger partial charge in [-0.25, -0.2) is 4.68 Å². The van der Waals surface area contributed by atoms with E-state index < -0.39 is 6.04 Å². The third-order valence-electron chi connectivity index (χ3n) is 3.89. The average molecular weight is 396 g/mol. The summed E-state index contributed by atoms with van der Waals surface area (Å²) in [6, 6.07) is 8.68. The van der Waals surface area contributed by atoms with Gasteiger partial charge in [-0.15, -0.1) is 12.4 Å². The molecule has 1 atom stereocenters. The molecular formula is C18H26ClN5O3. The zero-order valence-corrected chi connectivity index (χ0v) is 16.5. The van der Waals surface area contributed by atoms with Crippen LogP contribution in [0.1, 0.15) is 19.5 Å². The van der Waals surface area contributed by atoms with Gasteiger partial charge in [0.15, 0.2) is 0 Å². The molecule has 1 heterocycles. The Kier molecular flexibility index (Phi) is 8.77.